The van der Waals surface area contributed by atoms with Crippen LogP contribution in [-0.2, 0) is 16.1 Å². The predicted octanol–water partition coefficient (Wildman–Crippen LogP) is 0.420. The Kier molecular flexibility index (Phi) is 3.34. The maximum Gasteiger partial charge on any atom is 0.228 e. The number of aliphatic hydroxyl groups excluding tert-OH is 1. The van der Waals surface area contributed by atoms with E-state index in [9.17, 15) is 14.7 Å². The molecule has 25 heavy (non-hydrogen) atoms. The van der Waals surface area contributed by atoms with Gasteiger partial charge in [0.15, 0.2) is 6.23 Å². The van der Waals surface area contributed by atoms with Crippen molar-refractivity contribution >= 4 is 11.6 Å². The van der Waals surface area contributed by atoms with E-state index in [1.165, 1.54) is 6.08 Å². The van der Waals surface area contributed by atoms with E-state index in [0.717, 1.165) is 32.4 Å². The number of nitrogens with zero attached hydrogens (tertiary/aromatic N) is 3. The molecule has 3 atom stereocenters. The van der Waals surface area contributed by atoms with Crippen LogP contribution in [0, 0.1) is 0 Å². The summed E-state index contributed by atoms with van der Waals surface area (Å²) in [5.41, 5.74) is 0.881. The summed E-state index contributed by atoms with van der Waals surface area (Å²) < 4.78 is 12.9. The number of hydrogen-bond acceptors (Lipinski definition) is 7. The molecule has 0 spiro atoms. The summed E-state index contributed by atoms with van der Waals surface area (Å²) in [6.07, 6.45) is 2.69. The Morgan fingerprint density at radius 3 is 2.76 bits per heavy atom. The summed E-state index contributed by atoms with van der Waals surface area (Å²) in [7, 11) is 0. The van der Waals surface area contributed by atoms with Gasteiger partial charge in [-0.1, -0.05) is 0 Å². The minimum atomic E-state index is -0.747. The summed E-state index contributed by atoms with van der Waals surface area (Å²) in [5.74, 6) is 0.0448. The summed E-state index contributed by atoms with van der Waals surface area (Å²) in [6.45, 7) is 1.85. The van der Waals surface area contributed by atoms with Crippen molar-refractivity contribution in [1.82, 2.24) is 14.5 Å². The monoisotopic (exact) mass is 345 g/mol. The van der Waals surface area contributed by atoms with Crippen LogP contribution in [-0.4, -0.2) is 63.0 Å². The average Bonchev–Trinajstić information content (AvgIpc) is 3.20. The lowest BCUT2D eigenvalue weighted by molar-refractivity contribution is -0.0992. The maximum atomic E-state index is 13.2. The van der Waals surface area contributed by atoms with Crippen LogP contribution in [0.3, 0.4) is 0 Å². The molecule has 0 unspecified atom stereocenters. The molecule has 0 amide bonds. The number of fused-ring (bicyclic) bond motifs is 5. The van der Waals surface area contributed by atoms with Gasteiger partial charge < -0.3 is 19.5 Å². The minimum absolute atomic E-state index is 0.138. The Balaban J connectivity index is 1.59. The summed E-state index contributed by atoms with van der Waals surface area (Å²) in [6, 6.07) is 0. The zero-order valence-electron chi connectivity index (χ0n) is 13.7. The number of aliphatic hydroxyl groups is 1. The van der Waals surface area contributed by atoms with Gasteiger partial charge in [0.05, 0.1) is 12.3 Å². The average molecular weight is 345 g/mol. The summed E-state index contributed by atoms with van der Waals surface area (Å²) in [4.78, 5) is 32.1. The molecule has 0 saturated carbocycles. The molecule has 2 fully saturated rings. The van der Waals surface area contributed by atoms with Gasteiger partial charge in [-0.25, -0.2) is 4.98 Å². The number of ether oxygens (including phenoxy) is 2. The molecular weight excluding hydrogens is 326 g/mol. The highest BCUT2D eigenvalue weighted by Gasteiger charge is 2.47. The first-order valence-corrected chi connectivity index (χ1v) is 8.73. The van der Waals surface area contributed by atoms with Crippen LogP contribution in [0.2, 0.25) is 0 Å². The number of aromatic nitrogens is 2. The molecular formula is C17H19N3O5. The lowest BCUT2D eigenvalue weighted by atomic mass is 9.99. The quantitative estimate of drug-likeness (QED) is 0.788. The number of allylic oxidation sites excluding steroid dienone is 2. The van der Waals surface area contributed by atoms with Gasteiger partial charge in [0.2, 0.25) is 11.6 Å². The highest BCUT2D eigenvalue weighted by atomic mass is 16.6. The molecule has 5 rings (SSSR count). The normalized spacial score (nSPS) is 31.5. The first kappa shape index (κ1) is 15.2. The molecule has 1 aromatic rings. The third-order valence-electron chi connectivity index (χ3n) is 5.39. The molecule has 4 heterocycles. The van der Waals surface area contributed by atoms with Gasteiger partial charge >= 0.3 is 0 Å². The lowest BCUT2D eigenvalue weighted by Gasteiger charge is -2.33. The Hall–Kier alpha value is -2.03. The smallest absolute Gasteiger partial charge is 0.228 e. The van der Waals surface area contributed by atoms with Crippen LogP contribution in [0.15, 0.2) is 11.8 Å². The van der Waals surface area contributed by atoms with Gasteiger partial charge in [-0.3, -0.25) is 14.2 Å². The van der Waals surface area contributed by atoms with E-state index >= 15 is 0 Å². The molecule has 1 aromatic heterocycles. The van der Waals surface area contributed by atoms with Gasteiger partial charge in [-0.15, -0.1) is 0 Å². The van der Waals surface area contributed by atoms with E-state index < -0.39 is 18.4 Å². The van der Waals surface area contributed by atoms with Crippen LogP contribution in [0.1, 0.15) is 52.3 Å². The van der Waals surface area contributed by atoms with Crippen molar-refractivity contribution in [3.63, 3.8) is 0 Å². The number of likely N-dealkylation sites (tertiary alicyclic amines) is 1. The van der Waals surface area contributed by atoms with Crippen molar-refractivity contribution < 1.29 is 24.2 Å². The largest absolute Gasteiger partial charge is 0.388 e. The number of carbonyl (C=O) groups is 2. The van der Waals surface area contributed by atoms with E-state index in [-0.39, 0.29) is 36.2 Å². The third kappa shape index (κ3) is 2.14. The number of piperidine rings is 1. The molecule has 132 valence electrons. The fourth-order valence-electron chi connectivity index (χ4n) is 4.16. The fourth-order valence-corrected chi connectivity index (χ4v) is 4.16. The first-order valence-electron chi connectivity index (χ1n) is 8.73. The van der Waals surface area contributed by atoms with E-state index in [1.54, 1.807) is 4.57 Å². The second kappa shape index (κ2) is 5.48. The third-order valence-corrected chi connectivity index (χ3v) is 5.39. The van der Waals surface area contributed by atoms with Crippen LogP contribution in [0.5, 0.6) is 0 Å². The van der Waals surface area contributed by atoms with Gasteiger partial charge in [0.25, 0.3) is 0 Å². The predicted molar refractivity (Wildman–Crippen MR) is 84.0 cm³/mol. The Morgan fingerprint density at radius 1 is 1.16 bits per heavy atom. The molecule has 0 aromatic carbocycles. The molecule has 0 bridgehead atoms. The van der Waals surface area contributed by atoms with E-state index in [2.05, 4.69) is 4.98 Å². The number of rotatable bonds is 1. The van der Waals surface area contributed by atoms with Crippen molar-refractivity contribution in [1.29, 1.82) is 0 Å². The van der Waals surface area contributed by atoms with Crippen molar-refractivity contribution in [3.05, 3.63) is 29.0 Å². The molecule has 8 nitrogen and oxygen atoms in total. The van der Waals surface area contributed by atoms with Crippen molar-refractivity contribution in [2.45, 2.75) is 44.3 Å². The first-order chi connectivity index (χ1) is 12.1. The van der Waals surface area contributed by atoms with E-state index in [0.29, 0.717) is 11.5 Å². The van der Waals surface area contributed by atoms with Crippen LogP contribution in [0.4, 0.5) is 0 Å². The summed E-state index contributed by atoms with van der Waals surface area (Å²) in [5, 5.41) is 10.0. The van der Waals surface area contributed by atoms with Crippen LogP contribution in [0.25, 0.3) is 0 Å². The number of carbonyl (C=O) groups excluding carboxylic acids is 2. The second-order valence-corrected chi connectivity index (χ2v) is 6.93. The van der Waals surface area contributed by atoms with Gasteiger partial charge in [0, 0.05) is 19.2 Å². The molecule has 1 N–H and O–H groups in total. The molecule has 2 saturated heterocycles. The number of ketones is 2. The van der Waals surface area contributed by atoms with E-state index in [4.69, 9.17) is 9.47 Å². The SMILES string of the molecule is O=C1C=C(N2CCCCC2)C(=O)c2c1nc1n2[C@H]2OC[C@@H](O)[C@H]2OC1. The molecule has 0 radical (unpaired) electrons. The molecule has 3 aliphatic heterocycles. The van der Waals surface area contributed by atoms with Crippen molar-refractivity contribution in [2.24, 2.45) is 0 Å². The molecule has 4 aliphatic rings. The molecule has 1 aliphatic carbocycles. The number of Topliss-reactive ketones (excluding diaryl/α,β-unsaturated/α-hetero) is 1. The van der Waals surface area contributed by atoms with Crippen LogP contribution < -0.4 is 0 Å². The second-order valence-electron chi connectivity index (χ2n) is 6.93. The Morgan fingerprint density at radius 2 is 1.96 bits per heavy atom. The number of hydrogen-bond donors (Lipinski definition) is 1. The fraction of sp³-hybridized carbons (Fsp3) is 0.588. The number of imidazole rings is 1. The maximum absolute atomic E-state index is 13.2. The minimum Gasteiger partial charge on any atom is -0.388 e. The van der Waals surface area contributed by atoms with E-state index in [1.807, 2.05) is 4.90 Å². The van der Waals surface area contributed by atoms with Gasteiger partial charge in [0.1, 0.15) is 36.0 Å². The zero-order valence-corrected chi connectivity index (χ0v) is 13.7. The van der Waals surface area contributed by atoms with Crippen molar-refractivity contribution in [2.75, 3.05) is 19.7 Å². The van der Waals surface area contributed by atoms with Gasteiger partial charge in [-0.2, -0.15) is 0 Å². The van der Waals surface area contributed by atoms with Crippen molar-refractivity contribution in [3.8, 4) is 0 Å². The Labute approximate surface area is 144 Å². The van der Waals surface area contributed by atoms with Gasteiger partial charge in [-0.05, 0) is 19.3 Å². The standard InChI is InChI=1S/C17H19N3O5/c21-10-6-9(19-4-2-1-3-5-19)15(23)14-13(10)18-12-8-24-16-11(22)7-25-17(16)20(12)14/h6,11,16-17,22H,1-5,7-8H2/t11-,16-,17+/m1/s1. The highest BCUT2D eigenvalue weighted by Crippen LogP contribution is 2.37. The lowest BCUT2D eigenvalue weighted by Crippen LogP contribution is -2.39. The molecule has 8 heteroatoms. The topological polar surface area (TPSA) is 93.9 Å². The summed E-state index contributed by atoms with van der Waals surface area (Å²) >= 11 is 0. The highest BCUT2D eigenvalue weighted by molar-refractivity contribution is 6.23. The Bertz CT molecular complexity index is 792. The van der Waals surface area contributed by atoms with Crippen LogP contribution >= 0.6 is 0 Å². The zero-order chi connectivity index (χ0) is 17.1.